The minimum Gasteiger partial charge on any atom is -0.468 e. The highest BCUT2D eigenvalue weighted by Crippen LogP contribution is 2.22. The largest absolute Gasteiger partial charge is 0.468 e. The molecule has 0 saturated carbocycles. The van der Waals surface area contributed by atoms with Gasteiger partial charge in [0.25, 0.3) is 5.91 Å². The van der Waals surface area contributed by atoms with Crippen molar-refractivity contribution >= 4 is 44.8 Å². The van der Waals surface area contributed by atoms with Gasteiger partial charge in [0.1, 0.15) is 6.54 Å². The molecule has 0 radical (unpaired) electrons. The predicted octanol–water partition coefficient (Wildman–Crippen LogP) is 3.22. The van der Waals surface area contributed by atoms with Crippen molar-refractivity contribution in [2.75, 3.05) is 7.11 Å². The molecule has 3 rings (SSSR count). The van der Waals surface area contributed by atoms with Crippen molar-refractivity contribution in [2.45, 2.75) is 26.8 Å². The monoisotopic (exact) mass is 374 g/mol. The molecule has 2 aromatic heterocycles. The van der Waals surface area contributed by atoms with Gasteiger partial charge < -0.3 is 9.30 Å². The van der Waals surface area contributed by atoms with Crippen molar-refractivity contribution in [3.8, 4) is 0 Å². The zero-order chi connectivity index (χ0) is 18.0. The zero-order valence-electron chi connectivity index (χ0n) is 14.2. The van der Waals surface area contributed by atoms with Crippen molar-refractivity contribution in [3.63, 3.8) is 0 Å². The fraction of sp³-hybridized carbons (Fsp3) is 0.278. The highest BCUT2D eigenvalue weighted by molar-refractivity contribution is 7.16. The van der Waals surface area contributed by atoms with Crippen LogP contribution in [0.1, 0.15) is 16.0 Å². The second-order valence-electron chi connectivity index (χ2n) is 5.71. The number of thiophene rings is 1. The van der Waals surface area contributed by atoms with E-state index in [4.69, 9.17) is 4.74 Å². The number of fused-ring (bicyclic) bond motifs is 1. The number of thiazole rings is 1. The Hall–Kier alpha value is -2.25. The van der Waals surface area contributed by atoms with Crippen LogP contribution in [0.25, 0.3) is 10.2 Å². The number of hydrogen-bond donors (Lipinski definition) is 0. The Bertz CT molecular complexity index is 997. The smallest absolute Gasteiger partial charge is 0.325 e. The number of carbonyl (C=O) groups excluding carboxylic acids is 2. The number of esters is 1. The number of aromatic nitrogens is 1. The van der Waals surface area contributed by atoms with Crippen molar-refractivity contribution in [3.05, 3.63) is 50.5 Å². The predicted molar refractivity (Wildman–Crippen MR) is 99.9 cm³/mol. The van der Waals surface area contributed by atoms with E-state index in [1.165, 1.54) is 29.8 Å². The summed E-state index contributed by atoms with van der Waals surface area (Å²) in [6.45, 7) is 4.09. The lowest BCUT2D eigenvalue weighted by molar-refractivity contribution is -0.141. The van der Waals surface area contributed by atoms with Crippen LogP contribution in [-0.2, 0) is 27.3 Å². The summed E-state index contributed by atoms with van der Waals surface area (Å²) >= 11 is 2.94. The maximum atomic E-state index is 12.3. The van der Waals surface area contributed by atoms with Crippen molar-refractivity contribution in [1.29, 1.82) is 0 Å². The fourth-order valence-electron chi connectivity index (χ4n) is 2.46. The third-order valence-corrected chi connectivity index (χ3v) is 5.86. The quantitative estimate of drug-likeness (QED) is 0.659. The van der Waals surface area contributed by atoms with Gasteiger partial charge in [0, 0.05) is 4.88 Å². The van der Waals surface area contributed by atoms with E-state index in [0.29, 0.717) is 4.80 Å². The molecule has 7 heteroatoms. The van der Waals surface area contributed by atoms with E-state index in [2.05, 4.69) is 11.1 Å². The van der Waals surface area contributed by atoms with Crippen LogP contribution in [0.5, 0.6) is 0 Å². The molecule has 0 aliphatic rings. The van der Waals surface area contributed by atoms with Gasteiger partial charge in [-0.15, -0.1) is 11.3 Å². The van der Waals surface area contributed by atoms with E-state index >= 15 is 0 Å². The summed E-state index contributed by atoms with van der Waals surface area (Å²) in [4.78, 5) is 29.9. The zero-order valence-corrected chi connectivity index (χ0v) is 15.9. The van der Waals surface area contributed by atoms with Crippen LogP contribution in [0.15, 0.2) is 34.6 Å². The van der Waals surface area contributed by atoms with Gasteiger partial charge >= 0.3 is 5.97 Å². The van der Waals surface area contributed by atoms with Crippen LogP contribution >= 0.6 is 22.7 Å². The highest BCUT2D eigenvalue weighted by atomic mass is 32.1. The first-order chi connectivity index (χ1) is 12.0. The number of carbonyl (C=O) groups is 2. The lowest BCUT2D eigenvalue weighted by Crippen LogP contribution is -2.22. The molecular weight excluding hydrogens is 356 g/mol. The van der Waals surface area contributed by atoms with Gasteiger partial charge in [-0.3, -0.25) is 9.59 Å². The molecule has 0 bridgehead atoms. The highest BCUT2D eigenvalue weighted by Gasteiger charge is 2.13. The van der Waals surface area contributed by atoms with E-state index in [0.717, 1.165) is 26.2 Å². The van der Waals surface area contributed by atoms with E-state index in [-0.39, 0.29) is 24.8 Å². The average Bonchev–Trinajstić information content (AvgIpc) is 3.17. The van der Waals surface area contributed by atoms with E-state index in [9.17, 15) is 9.59 Å². The number of methoxy groups -OCH3 is 1. The summed E-state index contributed by atoms with van der Waals surface area (Å²) in [6.07, 6.45) is 0.266. The third kappa shape index (κ3) is 3.88. The molecule has 130 valence electrons. The molecule has 0 spiro atoms. The summed E-state index contributed by atoms with van der Waals surface area (Å²) < 4.78 is 7.54. The Morgan fingerprint density at radius 2 is 2.00 bits per heavy atom. The molecule has 3 aromatic rings. The van der Waals surface area contributed by atoms with Gasteiger partial charge in [0.15, 0.2) is 4.80 Å². The minimum absolute atomic E-state index is 0.0319. The molecule has 25 heavy (non-hydrogen) atoms. The molecule has 0 aliphatic heterocycles. The number of rotatable bonds is 4. The first-order valence-corrected chi connectivity index (χ1v) is 9.45. The van der Waals surface area contributed by atoms with Gasteiger partial charge in [0.2, 0.25) is 0 Å². The summed E-state index contributed by atoms with van der Waals surface area (Å²) in [5, 5.41) is 1.94. The van der Waals surface area contributed by atoms with Gasteiger partial charge in [-0.2, -0.15) is 4.99 Å². The second kappa shape index (κ2) is 7.33. The lowest BCUT2D eigenvalue weighted by atomic mass is 10.1. The Labute approximate surface area is 153 Å². The Kier molecular flexibility index (Phi) is 5.15. The average molecular weight is 374 g/mol. The van der Waals surface area contributed by atoms with Crippen molar-refractivity contribution in [1.82, 2.24) is 4.57 Å². The Morgan fingerprint density at radius 3 is 2.68 bits per heavy atom. The summed E-state index contributed by atoms with van der Waals surface area (Å²) in [5.41, 5.74) is 3.18. The SMILES string of the molecule is COC(=O)Cn1c(=NC(=O)Cc2cccs2)sc2cc(C)c(C)cc21. The summed E-state index contributed by atoms with van der Waals surface area (Å²) in [6, 6.07) is 7.91. The molecule has 0 aliphatic carbocycles. The molecule has 0 saturated heterocycles. The minimum atomic E-state index is -0.370. The van der Waals surface area contributed by atoms with Crippen molar-refractivity contribution in [2.24, 2.45) is 4.99 Å². The summed E-state index contributed by atoms with van der Waals surface area (Å²) in [5.74, 6) is -0.592. The number of aryl methyl sites for hydroxylation is 2. The Balaban J connectivity index is 2.08. The maximum absolute atomic E-state index is 12.3. The van der Waals surface area contributed by atoms with Crippen LogP contribution in [0.4, 0.5) is 0 Å². The first-order valence-electron chi connectivity index (χ1n) is 7.75. The number of amides is 1. The summed E-state index contributed by atoms with van der Waals surface area (Å²) in [7, 11) is 1.35. The van der Waals surface area contributed by atoms with Gasteiger partial charge in [-0.05, 0) is 48.6 Å². The van der Waals surface area contributed by atoms with E-state index < -0.39 is 0 Å². The molecule has 0 atom stereocenters. The molecule has 5 nitrogen and oxygen atoms in total. The molecule has 1 amide bonds. The number of hydrogen-bond acceptors (Lipinski definition) is 5. The number of benzene rings is 1. The first kappa shape index (κ1) is 17.6. The van der Waals surface area contributed by atoms with Crippen LogP contribution in [0.3, 0.4) is 0 Å². The van der Waals surface area contributed by atoms with Crippen LogP contribution in [0, 0.1) is 13.8 Å². The molecule has 1 aromatic carbocycles. The third-order valence-electron chi connectivity index (χ3n) is 3.94. The maximum Gasteiger partial charge on any atom is 0.325 e. The lowest BCUT2D eigenvalue weighted by Gasteiger charge is -2.05. The van der Waals surface area contributed by atoms with Crippen LogP contribution in [0.2, 0.25) is 0 Å². The van der Waals surface area contributed by atoms with Crippen molar-refractivity contribution < 1.29 is 14.3 Å². The normalized spacial score (nSPS) is 11.9. The van der Waals surface area contributed by atoms with Gasteiger partial charge in [-0.1, -0.05) is 17.4 Å². The van der Waals surface area contributed by atoms with Crippen LogP contribution < -0.4 is 4.80 Å². The van der Waals surface area contributed by atoms with Gasteiger partial charge in [0.05, 0.1) is 23.7 Å². The second-order valence-corrected chi connectivity index (χ2v) is 7.75. The molecule has 0 unspecified atom stereocenters. The molecular formula is C18H18N2O3S2. The van der Waals surface area contributed by atoms with E-state index in [1.54, 1.807) is 4.57 Å². The molecule has 0 fully saturated rings. The Morgan fingerprint density at radius 1 is 1.24 bits per heavy atom. The number of ether oxygens (including phenoxy) is 1. The van der Waals surface area contributed by atoms with E-state index in [1.807, 2.05) is 37.4 Å². The fourth-order valence-corrected chi connectivity index (χ4v) is 4.28. The molecule has 2 heterocycles. The standard InChI is InChI=1S/C18H18N2O3S2/c1-11-7-14-15(8-12(11)2)25-18(20(14)10-17(22)23-3)19-16(21)9-13-5-4-6-24-13/h4-8H,9-10H2,1-3H3. The molecule has 0 N–H and O–H groups in total. The van der Waals surface area contributed by atoms with Crippen LogP contribution in [-0.4, -0.2) is 23.6 Å². The number of nitrogens with zero attached hydrogens (tertiary/aromatic N) is 2. The topological polar surface area (TPSA) is 60.7 Å². The van der Waals surface area contributed by atoms with Gasteiger partial charge in [-0.25, -0.2) is 0 Å².